The van der Waals surface area contributed by atoms with E-state index in [9.17, 15) is 4.79 Å². The molecule has 0 unspecified atom stereocenters. The number of unbranched alkanes of at least 4 members (excludes halogenated alkanes) is 2. The van der Waals surface area contributed by atoms with E-state index in [1.165, 1.54) is 0 Å². The molecule has 2 aromatic rings. The van der Waals surface area contributed by atoms with Gasteiger partial charge in [0.25, 0.3) is 5.91 Å². The molecular weight excluding hydrogens is 312 g/mol. The predicted octanol–water partition coefficient (Wildman–Crippen LogP) is 5.09. The predicted molar refractivity (Wildman–Crippen MR) is 103 cm³/mol. The Hall–Kier alpha value is -2.69. The van der Waals surface area contributed by atoms with Crippen molar-refractivity contribution in [2.45, 2.75) is 26.2 Å². The molecule has 2 rings (SSSR count). The van der Waals surface area contributed by atoms with Crippen LogP contribution in [-0.4, -0.2) is 26.5 Å². The van der Waals surface area contributed by atoms with Crippen molar-refractivity contribution in [3.63, 3.8) is 0 Å². The average Bonchev–Trinajstić information content (AvgIpc) is 2.64. The number of nitrogens with zero attached hydrogens (tertiary/aromatic N) is 3. The summed E-state index contributed by atoms with van der Waals surface area (Å²) in [5.41, 5.74) is 3.28. The topological polar surface area (TPSA) is 57.1 Å². The molecule has 0 heterocycles. The quantitative estimate of drug-likeness (QED) is 0.538. The van der Waals surface area contributed by atoms with Crippen molar-refractivity contribution < 1.29 is 4.79 Å². The van der Waals surface area contributed by atoms with Gasteiger partial charge < -0.3 is 10.2 Å². The molecular formula is C20H26N4O. The molecule has 0 saturated heterocycles. The largest absolute Gasteiger partial charge is 0.378 e. The van der Waals surface area contributed by atoms with E-state index >= 15 is 0 Å². The molecule has 132 valence electrons. The first-order valence-electron chi connectivity index (χ1n) is 8.67. The van der Waals surface area contributed by atoms with E-state index in [0.29, 0.717) is 5.56 Å². The molecule has 0 aliphatic rings. The lowest BCUT2D eigenvalue weighted by atomic mass is 10.2. The summed E-state index contributed by atoms with van der Waals surface area (Å²) < 4.78 is 0. The third-order valence-corrected chi connectivity index (χ3v) is 3.84. The molecule has 0 fully saturated rings. The number of nitrogens with one attached hydrogen (secondary N) is 1. The first kappa shape index (κ1) is 18.6. The number of anilines is 1. The summed E-state index contributed by atoms with van der Waals surface area (Å²) in [5, 5.41) is 11.4. The van der Waals surface area contributed by atoms with Crippen LogP contribution in [0, 0.1) is 0 Å². The highest BCUT2D eigenvalue weighted by molar-refractivity contribution is 5.94. The Morgan fingerprint density at radius 1 is 0.920 bits per heavy atom. The number of hydrogen-bond donors (Lipinski definition) is 1. The van der Waals surface area contributed by atoms with E-state index in [2.05, 4.69) is 22.5 Å². The number of carbonyl (C=O) groups excluding carboxylic acids is 1. The van der Waals surface area contributed by atoms with Crippen molar-refractivity contribution in [2.75, 3.05) is 25.5 Å². The smallest absolute Gasteiger partial charge is 0.251 e. The second-order valence-corrected chi connectivity index (χ2v) is 6.12. The van der Waals surface area contributed by atoms with Gasteiger partial charge in [0, 0.05) is 31.9 Å². The van der Waals surface area contributed by atoms with Gasteiger partial charge in [-0.3, -0.25) is 4.79 Å². The summed E-state index contributed by atoms with van der Waals surface area (Å²) >= 11 is 0. The number of hydrogen-bond acceptors (Lipinski definition) is 4. The van der Waals surface area contributed by atoms with Crippen molar-refractivity contribution in [1.82, 2.24) is 5.32 Å². The maximum absolute atomic E-state index is 12.0. The highest BCUT2D eigenvalue weighted by atomic mass is 16.1. The SMILES string of the molecule is CCCCCNC(=O)c1ccc(/N=N/c2ccc(N(C)C)cc2)cc1. The lowest BCUT2D eigenvalue weighted by Crippen LogP contribution is -2.24. The maximum Gasteiger partial charge on any atom is 0.251 e. The van der Waals surface area contributed by atoms with Gasteiger partial charge in [0.05, 0.1) is 11.4 Å². The van der Waals surface area contributed by atoms with Crippen LogP contribution in [0.4, 0.5) is 17.1 Å². The molecule has 0 atom stereocenters. The number of rotatable bonds is 8. The minimum atomic E-state index is -0.0427. The molecule has 0 saturated carbocycles. The molecule has 5 nitrogen and oxygen atoms in total. The fraction of sp³-hybridized carbons (Fsp3) is 0.350. The van der Waals surface area contributed by atoms with Gasteiger partial charge in [0.15, 0.2) is 0 Å². The third-order valence-electron chi connectivity index (χ3n) is 3.84. The molecule has 0 spiro atoms. The van der Waals surface area contributed by atoms with Gasteiger partial charge in [-0.15, -0.1) is 0 Å². The van der Waals surface area contributed by atoms with Crippen LogP contribution in [-0.2, 0) is 0 Å². The summed E-state index contributed by atoms with van der Waals surface area (Å²) in [6.07, 6.45) is 3.30. The van der Waals surface area contributed by atoms with Gasteiger partial charge in [-0.25, -0.2) is 0 Å². The number of benzene rings is 2. The lowest BCUT2D eigenvalue weighted by Gasteiger charge is -2.11. The van der Waals surface area contributed by atoms with Crippen LogP contribution in [0.2, 0.25) is 0 Å². The standard InChI is InChI=1S/C20H26N4O/c1-4-5-6-15-21-20(25)16-7-9-17(10-8-16)22-23-18-11-13-19(14-12-18)24(2)3/h7-14H,4-6,15H2,1-3H3,(H,21,25)/b23-22+. The van der Waals surface area contributed by atoms with Crippen LogP contribution >= 0.6 is 0 Å². The molecule has 1 amide bonds. The van der Waals surface area contributed by atoms with Crippen molar-refractivity contribution in [3.8, 4) is 0 Å². The second-order valence-electron chi connectivity index (χ2n) is 6.12. The van der Waals surface area contributed by atoms with Crippen LogP contribution in [0.25, 0.3) is 0 Å². The Labute approximate surface area is 149 Å². The van der Waals surface area contributed by atoms with E-state index in [-0.39, 0.29) is 5.91 Å². The minimum absolute atomic E-state index is 0.0427. The first-order valence-corrected chi connectivity index (χ1v) is 8.67. The molecule has 2 aromatic carbocycles. The van der Waals surface area contributed by atoms with Gasteiger partial charge in [-0.2, -0.15) is 10.2 Å². The number of carbonyl (C=O) groups is 1. The van der Waals surface area contributed by atoms with Crippen molar-refractivity contribution in [1.29, 1.82) is 0 Å². The van der Waals surface area contributed by atoms with Crippen LogP contribution < -0.4 is 10.2 Å². The van der Waals surface area contributed by atoms with Crippen molar-refractivity contribution in [3.05, 3.63) is 54.1 Å². The monoisotopic (exact) mass is 338 g/mol. The van der Waals surface area contributed by atoms with Gasteiger partial charge in [0.1, 0.15) is 0 Å². The molecule has 0 aromatic heterocycles. The van der Waals surface area contributed by atoms with Crippen LogP contribution in [0.5, 0.6) is 0 Å². The normalized spacial score (nSPS) is 10.8. The van der Waals surface area contributed by atoms with E-state index in [0.717, 1.165) is 42.9 Å². The Balaban J connectivity index is 1.92. The van der Waals surface area contributed by atoms with Gasteiger partial charge in [0.2, 0.25) is 0 Å². The zero-order chi connectivity index (χ0) is 18.1. The summed E-state index contributed by atoms with van der Waals surface area (Å²) in [5.74, 6) is -0.0427. The Morgan fingerprint density at radius 3 is 2.00 bits per heavy atom. The molecule has 1 N–H and O–H groups in total. The van der Waals surface area contributed by atoms with Crippen molar-refractivity contribution in [2.24, 2.45) is 10.2 Å². The minimum Gasteiger partial charge on any atom is -0.378 e. The van der Waals surface area contributed by atoms with E-state index in [1.807, 2.05) is 43.3 Å². The first-order chi connectivity index (χ1) is 12.1. The van der Waals surface area contributed by atoms with Gasteiger partial charge in [-0.1, -0.05) is 19.8 Å². The lowest BCUT2D eigenvalue weighted by molar-refractivity contribution is 0.0953. The summed E-state index contributed by atoms with van der Waals surface area (Å²) in [6, 6.07) is 15.0. The van der Waals surface area contributed by atoms with Crippen LogP contribution in [0.1, 0.15) is 36.5 Å². The summed E-state index contributed by atoms with van der Waals surface area (Å²) in [6.45, 7) is 2.86. The van der Waals surface area contributed by atoms with Crippen LogP contribution in [0.3, 0.4) is 0 Å². The van der Waals surface area contributed by atoms with Crippen molar-refractivity contribution >= 4 is 23.0 Å². The fourth-order valence-corrected chi connectivity index (χ4v) is 2.29. The second kappa shape index (κ2) is 9.57. The van der Waals surface area contributed by atoms with Crippen LogP contribution in [0.15, 0.2) is 58.8 Å². The molecule has 0 radical (unpaired) electrons. The average molecular weight is 338 g/mol. The summed E-state index contributed by atoms with van der Waals surface area (Å²) in [4.78, 5) is 14.1. The van der Waals surface area contributed by atoms with Gasteiger partial charge in [-0.05, 0) is 55.0 Å². The number of azo groups is 1. The molecule has 25 heavy (non-hydrogen) atoms. The Morgan fingerprint density at radius 2 is 1.48 bits per heavy atom. The zero-order valence-corrected chi connectivity index (χ0v) is 15.2. The highest BCUT2D eigenvalue weighted by Gasteiger charge is 2.04. The van der Waals surface area contributed by atoms with E-state index < -0.39 is 0 Å². The molecule has 0 aliphatic carbocycles. The third kappa shape index (κ3) is 6.03. The molecule has 0 bridgehead atoms. The van der Waals surface area contributed by atoms with Gasteiger partial charge >= 0.3 is 0 Å². The summed E-state index contributed by atoms with van der Waals surface area (Å²) in [7, 11) is 4.00. The maximum atomic E-state index is 12.0. The zero-order valence-electron chi connectivity index (χ0n) is 15.2. The molecule has 0 aliphatic heterocycles. The fourth-order valence-electron chi connectivity index (χ4n) is 2.29. The van der Waals surface area contributed by atoms with E-state index in [4.69, 9.17) is 0 Å². The Kier molecular flexibility index (Phi) is 7.14. The highest BCUT2D eigenvalue weighted by Crippen LogP contribution is 2.21. The molecule has 5 heteroatoms. The Bertz CT molecular complexity index is 691. The van der Waals surface area contributed by atoms with E-state index in [1.54, 1.807) is 24.3 Å². The number of amides is 1.